The Kier molecular flexibility index (Phi) is 10.5. The zero-order chi connectivity index (χ0) is 10.7. The summed E-state index contributed by atoms with van der Waals surface area (Å²) in [6.45, 7) is 9.53. The Hall–Kier alpha value is -0.810. The van der Waals surface area contributed by atoms with E-state index in [4.69, 9.17) is 12.2 Å². The summed E-state index contributed by atoms with van der Waals surface area (Å²) in [5.41, 5.74) is 5.38. The molecule has 0 aromatic carbocycles. The molecule has 0 saturated heterocycles. The minimum absolute atomic E-state index is 0.485. The van der Waals surface area contributed by atoms with Crippen LogP contribution in [0.4, 0.5) is 0 Å². The van der Waals surface area contributed by atoms with E-state index in [0.717, 1.165) is 19.3 Å². The second-order valence-electron chi connectivity index (χ2n) is 2.72. The van der Waals surface area contributed by atoms with Crippen LogP contribution < -0.4 is 5.73 Å². The van der Waals surface area contributed by atoms with E-state index < -0.39 is 5.66 Å². The lowest BCUT2D eigenvalue weighted by Crippen LogP contribution is -2.36. The quantitative estimate of drug-likeness (QED) is 0.515. The van der Waals surface area contributed by atoms with E-state index in [-0.39, 0.29) is 0 Å². The van der Waals surface area contributed by atoms with Gasteiger partial charge >= 0.3 is 0 Å². The van der Waals surface area contributed by atoms with E-state index in [1.54, 1.807) is 0 Å². The van der Waals surface area contributed by atoms with Crippen molar-refractivity contribution < 1.29 is 0 Å². The van der Waals surface area contributed by atoms with Crippen molar-refractivity contribution in [3.8, 4) is 12.3 Å². The molecule has 0 amide bonds. The molecule has 0 spiro atoms. The number of hydrogen-bond donors (Lipinski definition) is 1. The molecule has 0 aliphatic heterocycles. The standard InChI is InChI=1S/C9H16N2.C2H6/c1-4-6-8-9(10,11-3)7-5-2;1-2/h1H,3,5-8,10H2,2H3;1-2H3. The third-order valence-corrected chi connectivity index (χ3v) is 1.70. The molecule has 0 heterocycles. The van der Waals surface area contributed by atoms with Crippen LogP contribution in [0.2, 0.25) is 0 Å². The fourth-order valence-corrected chi connectivity index (χ4v) is 1.00. The lowest BCUT2D eigenvalue weighted by atomic mass is 10.0. The molecular weight excluding hydrogens is 160 g/mol. The van der Waals surface area contributed by atoms with Crippen molar-refractivity contribution in [1.82, 2.24) is 0 Å². The predicted octanol–water partition coefficient (Wildman–Crippen LogP) is 2.58. The molecule has 2 N–H and O–H groups in total. The fraction of sp³-hybridized carbons (Fsp3) is 0.727. The van der Waals surface area contributed by atoms with Gasteiger partial charge in [0.25, 0.3) is 0 Å². The molecule has 0 aliphatic rings. The molecule has 0 fully saturated rings. The zero-order valence-electron chi connectivity index (χ0n) is 9.14. The smallest absolute Gasteiger partial charge is 0.108 e. The molecule has 1 atom stereocenters. The largest absolute Gasteiger partial charge is 0.307 e. The van der Waals surface area contributed by atoms with Crippen molar-refractivity contribution in [3.63, 3.8) is 0 Å². The molecule has 0 saturated carbocycles. The van der Waals surface area contributed by atoms with Gasteiger partial charge in [-0.15, -0.1) is 12.3 Å². The van der Waals surface area contributed by atoms with Gasteiger partial charge in [-0.1, -0.05) is 27.2 Å². The average Bonchev–Trinajstić information content (AvgIpc) is 2.18. The third kappa shape index (κ3) is 7.55. The molecule has 0 rings (SSSR count). The summed E-state index contributed by atoms with van der Waals surface area (Å²) in [6, 6.07) is 0. The van der Waals surface area contributed by atoms with Gasteiger partial charge in [0, 0.05) is 6.42 Å². The Labute approximate surface area is 82.6 Å². The minimum atomic E-state index is -0.485. The molecule has 2 heteroatoms. The normalized spacial score (nSPS) is 13.2. The second-order valence-corrected chi connectivity index (χ2v) is 2.72. The van der Waals surface area contributed by atoms with Crippen molar-refractivity contribution in [2.24, 2.45) is 10.7 Å². The number of terminal acetylenes is 1. The maximum Gasteiger partial charge on any atom is 0.108 e. The van der Waals surface area contributed by atoms with Gasteiger partial charge in [0.05, 0.1) is 0 Å². The molecule has 1 unspecified atom stereocenters. The summed E-state index contributed by atoms with van der Waals surface area (Å²) >= 11 is 0. The average molecular weight is 182 g/mol. The van der Waals surface area contributed by atoms with Crippen LogP contribution in [0.25, 0.3) is 0 Å². The Morgan fingerprint density at radius 3 is 2.31 bits per heavy atom. The number of rotatable bonds is 5. The van der Waals surface area contributed by atoms with Gasteiger partial charge in [-0.05, 0) is 19.6 Å². The van der Waals surface area contributed by atoms with E-state index in [1.807, 2.05) is 13.8 Å². The maximum atomic E-state index is 5.87. The van der Waals surface area contributed by atoms with Gasteiger partial charge in [0.15, 0.2) is 0 Å². The topological polar surface area (TPSA) is 38.4 Å². The minimum Gasteiger partial charge on any atom is -0.307 e. The SMILES string of the molecule is C#CCCC(N)(CCC)N=C.CC. The molecule has 0 aliphatic carbocycles. The van der Waals surface area contributed by atoms with Crippen LogP contribution in [0.1, 0.15) is 46.5 Å². The summed E-state index contributed by atoms with van der Waals surface area (Å²) in [6.07, 6.45) is 8.41. The highest BCUT2D eigenvalue weighted by molar-refractivity contribution is 5.25. The van der Waals surface area contributed by atoms with Crippen molar-refractivity contribution >= 4 is 6.72 Å². The predicted molar refractivity (Wildman–Crippen MR) is 60.8 cm³/mol. The van der Waals surface area contributed by atoms with Crippen molar-refractivity contribution in [2.45, 2.75) is 52.1 Å². The van der Waals surface area contributed by atoms with E-state index in [2.05, 4.69) is 24.6 Å². The maximum absolute atomic E-state index is 5.87. The highest BCUT2D eigenvalue weighted by Crippen LogP contribution is 2.16. The van der Waals surface area contributed by atoms with Crippen LogP contribution in [-0.2, 0) is 0 Å². The first-order chi connectivity index (χ1) is 6.18. The first-order valence-electron chi connectivity index (χ1n) is 4.88. The number of nitrogens with zero attached hydrogens (tertiary/aromatic N) is 1. The Morgan fingerprint density at radius 1 is 1.46 bits per heavy atom. The van der Waals surface area contributed by atoms with E-state index in [0.29, 0.717) is 6.42 Å². The molecule has 76 valence electrons. The summed E-state index contributed by atoms with van der Waals surface area (Å²) in [5.74, 6) is 2.55. The highest BCUT2D eigenvalue weighted by atomic mass is 15.0. The fourth-order valence-electron chi connectivity index (χ4n) is 1.00. The summed E-state index contributed by atoms with van der Waals surface area (Å²) in [5, 5.41) is 0. The van der Waals surface area contributed by atoms with Gasteiger partial charge in [-0.2, -0.15) is 0 Å². The van der Waals surface area contributed by atoms with E-state index in [1.165, 1.54) is 0 Å². The van der Waals surface area contributed by atoms with Gasteiger partial charge in [-0.3, -0.25) is 4.99 Å². The lowest BCUT2D eigenvalue weighted by molar-refractivity contribution is 0.385. The van der Waals surface area contributed by atoms with Gasteiger partial charge in [-0.25, -0.2) is 0 Å². The molecular formula is C11H22N2. The van der Waals surface area contributed by atoms with Crippen LogP contribution in [-0.4, -0.2) is 12.4 Å². The molecule has 0 radical (unpaired) electrons. The highest BCUT2D eigenvalue weighted by Gasteiger charge is 2.19. The monoisotopic (exact) mass is 182 g/mol. The van der Waals surface area contributed by atoms with E-state index in [9.17, 15) is 0 Å². The van der Waals surface area contributed by atoms with Crippen LogP contribution in [0.15, 0.2) is 4.99 Å². The van der Waals surface area contributed by atoms with Crippen molar-refractivity contribution in [1.29, 1.82) is 0 Å². The molecule has 0 aromatic rings. The third-order valence-electron chi connectivity index (χ3n) is 1.70. The van der Waals surface area contributed by atoms with Crippen molar-refractivity contribution in [3.05, 3.63) is 0 Å². The molecule has 13 heavy (non-hydrogen) atoms. The van der Waals surface area contributed by atoms with Crippen LogP contribution in [0, 0.1) is 12.3 Å². The first kappa shape index (κ1) is 14.7. The Bertz CT molecular complexity index is 158. The second kappa shape index (κ2) is 9.28. The molecule has 0 bridgehead atoms. The Balaban J connectivity index is 0. The summed E-state index contributed by atoms with van der Waals surface area (Å²) in [7, 11) is 0. The van der Waals surface area contributed by atoms with Gasteiger partial charge in [0.1, 0.15) is 5.66 Å². The van der Waals surface area contributed by atoms with Gasteiger partial charge in [0.2, 0.25) is 0 Å². The number of hydrogen-bond acceptors (Lipinski definition) is 2. The lowest BCUT2D eigenvalue weighted by Gasteiger charge is -2.22. The Morgan fingerprint density at radius 2 is 2.00 bits per heavy atom. The van der Waals surface area contributed by atoms with Crippen LogP contribution >= 0.6 is 0 Å². The summed E-state index contributed by atoms with van der Waals surface area (Å²) < 4.78 is 0. The molecule has 2 nitrogen and oxygen atoms in total. The van der Waals surface area contributed by atoms with Crippen LogP contribution in [0.3, 0.4) is 0 Å². The molecule has 0 aromatic heterocycles. The van der Waals surface area contributed by atoms with E-state index >= 15 is 0 Å². The van der Waals surface area contributed by atoms with Gasteiger partial charge < -0.3 is 5.73 Å². The van der Waals surface area contributed by atoms with Crippen LogP contribution in [0.5, 0.6) is 0 Å². The number of nitrogens with two attached hydrogens (primary N) is 1. The first-order valence-corrected chi connectivity index (χ1v) is 4.88. The summed E-state index contributed by atoms with van der Waals surface area (Å²) in [4.78, 5) is 3.88. The number of aliphatic imine (C=N–C) groups is 1. The van der Waals surface area contributed by atoms with Crippen molar-refractivity contribution in [2.75, 3.05) is 0 Å². The zero-order valence-corrected chi connectivity index (χ0v) is 9.14.